The predicted molar refractivity (Wildman–Crippen MR) is 123 cm³/mol. The largest absolute Gasteiger partial charge is 0.309 e. The van der Waals surface area contributed by atoms with Gasteiger partial charge in [-0.05, 0) is 41.0 Å². The summed E-state index contributed by atoms with van der Waals surface area (Å²) in [5.74, 6) is 0. The van der Waals surface area contributed by atoms with E-state index in [4.69, 9.17) is 11.6 Å². The maximum absolute atomic E-state index is 6.79. The van der Waals surface area contributed by atoms with E-state index in [0.717, 1.165) is 5.02 Å². The van der Waals surface area contributed by atoms with Crippen molar-refractivity contribution in [3.05, 3.63) is 101 Å². The van der Waals surface area contributed by atoms with Crippen LogP contribution in [0.4, 0.5) is 0 Å². The minimum atomic E-state index is -0.126. The molecule has 6 rings (SSSR count). The normalized spacial score (nSPS) is 14.3. The minimum absolute atomic E-state index is 0.126. The van der Waals surface area contributed by atoms with Gasteiger partial charge in [-0.2, -0.15) is 0 Å². The average molecular weight is 394 g/mol. The number of hydrogen-bond acceptors (Lipinski definition) is 0. The number of halogens is 1. The highest BCUT2D eigenvalue weighted by Gasteiger charge is 2.39. The van der Waals surface area contributed by atoms with Crippen LogP contribution in [0.5, 0.6) is 0 Å². The second-order valence-corrected chi connectivity index (χ2v) is 8.76. The van der Waals surface area contributed by atoms with E-state index >= 15 is 0 Å². The summed E-state index contributed by atoms with van der Waals surface area (Å²) >= 11 is 6.79. The lowest BCUT2D eigenvalue weighted by Crippen LogP contribution is -2.18. The van der Waals surface area contributed by atoms with E-state index in [1.807, 2.05) is 0 Å². The van der Waals surface area contributed by atoms with Gasteiger partial charge in [-0.25, -0.2) is 0 Å². The van der Waals surface area contributed by atoms with E-state index in [1.165, 1.54) is 49.7 Å². The Balaban J connectivity index is 1.81. The molecule has 1 heterocycles. The van der Waals surface area contributed by atoms with Gasteiger partial charge in [-0.15, -0.1) is 0 Å². The van der Waals surface area contributed by atoms with Crippen molar-refractivity contribution in [1.29, 1.82) is 0 Å². The quantitative estimate of drug-likeness (QED) is 0.274. The number of benzene rings is 4. The number of aromatic nitrogens is 1. The highest BCUT2D eigenvalue weighted by atomic mass is 35.5. The molecule has 4 aromatic carbocycles. The molecule has 0 radical (unpaired) electrons. The Morgan fingerprint density at radius 3 is 1.97 bits per heavy atom. The van der Waals surface area contributed by atoms with Crippen LogP contribution in [0.2, 0.25) is 5.02 Å². The fraction of sp³-hybridized carbons (Fsp3) is 0.111. The molecule has 1 aliphatic carbocycles. The second-order valence-electron chi connectivity index (χ2n) is 8.36. The summed E-state index contributed by atoms with van der Waals surface area (Å²) in [6, 6.07) is 30.2. The van der Waals surface area contributed by atoms with Crippen LogP contribution in [-0.4, -0.2) is 4.57 Å². The molecule has 0 fully saturated rings. The van der Waals surface area contributed by atoms with Crippen molar-refractivity contribution in [3.8, 4) is 16.8 Å². The molecule has 140 valence electrons. The van der Waals surface area contributed by atoms with E-state index in [9.17, 15) is 0 Å². The predicted octanol–water partition coefficient (Wildman–Crippen LogP) is 7.74. The van der Waals surface area contributed by atoms with Crippen molar-refractivity contribution >= 4 is 33.4 Å². The molecule has 0 saturated carbocycles. The molecule has 0 atom stereocenters. The summed E-state index contributed by atoms with van der Waals surface area (Å²) in [4.78, 5) is 0. The zero-order valence-corrected chi connectivity index (χ0v) is 17.2. The van der Waals surface area contributed by atoms with E-state index < -0.39 is 0 Å². The number of rotatable bonds is 1. The first-order valence-electron chi connectivity index (χ1n) is 10.0. The molecule has 1 nitrogen and oxygen atoms in total. The van der Waals surface area contributed by atoms with Gasteiger partial charge in [0.05, 0.1) is 16.7 Å². The van der Waals surface area contributed by atoms with Crippen LogP contribution in [-0.2, 0) is 5.41 Å². The van der Waals surface area contributed by atoms with Gasteiger partial charge in [-0.3, -0.25) is 0 Å². The summed E-state index contributed by atoms with van der Waals surface area (Å²) in [5, 5.41) is 3.38. The lowest BCUT2D eigenvalue weighted by molar-refractivity contribution is 0.656. The molecule has 0 spiro atoms. The molecule has 0 saturated heterocycles. The van der Waals surface area contributed by atoms with Gasteiger partial charge < -0.3 is 4.57 Å². The van der Waals surface area contributed by atoms with Gasteiger partial charge in [-0.1, -0.05) is 86.1 Å². The second kappa shape index (κ2) is 5.75. The van der Waals surface area contributed by atoms with Crippen molar-refractivity contribution < 1.29 is 0 Å². The van der Waals surface area contributed by atoms with E-state index in [2.05, 4.69) is 103 Å². The Morgan fingerprint density at radius 1 is 0.690 bits per heavy atom. The van der Waals surface area contributed by atoms with Crippen LogP contribution >= 0.6 is 11.6 Å². The van der Waals surface area contributed by atoms with Crippen molar-refractivity contribution in [1.82, 2.24) is 4.57 Å². The SMILES string of the molecule is CC1(C)c2ccccc2-c2c(Cl)ccc(-n3c4ccccc4c4ccccc43)c21. The molecule has 0 aliphatic heterocycles. The molecule has 29 heavy (non-hydrogen) atoms. The smallest absolute Gasteiger partial charge is 0.0541 e. The molecule has 0 bridgehead atoms. The van der Waals surface area contributed by atoms with Gasteiger partial charge in [0.25, 0.3) is 0 Å². The first-order chi connectivity index (χ1) is 14.1. The molecule has 1 aliphatic rings. The zero-order chi connectivity index (χ0) is 19.8. The molecule has 1 aromatic heterocycles. The summed E-state index contributed by atoms with van der Waals surface area (Å²) in [6.45, 7) is 4.62. The summed E-state index contributed by atoms with van der Waals surface area (Å²) in [6.07, 6.45) is 0. The first-order valence-corrected chi connectivity index (χ1v) is 10.4. The fourth-order valence-electron chi connectivity index (χ4n) is 5.21. The zero-order valence-electron chi connectivity index (χ0n) is 16.4. The Morgan fingerprint density at radius 2 is 1.28 bits per heavy atom. The van der Waals surface area contributed by atoms with Crippen molar-refractivity contribution in [3.63, 3.8) is 0 Å². The van der Waals surface area contributed by atoms with Crippen LogP contribution in [0, 0.1) is 0 Å². The van der Waals surface area contributed by atoms with Crippen LogP contribution in [0.25, 0.3) is 38.6 Å². The third-order valence-electron chi connectivity index (χ3n) is 6.45. The van der Waals surface area contributed by atoms with Gasteiger partial charge in [0.1, 0.15) is 0 Å². The Labute approximate surface area is 175 Å². The van der Waals surface area contributed by atoms with Crippen molar-refractivity contribution in [2.75, 3.05) is 0 Å². The maximum atomic E-state index is 6.79. The number of para-hydroxylation sites is 2. The molecule has 0 amide bonds. The van der Waals surface area contributed by atoms with Gasteiger partial charge in [0.2, 0.25) is 0 Å². The van der Waals surface area contributed by atoms with Gasteiger partial charge in [0, 0.05) is 26.8 Å². The highest BCUT2D eigenvalue weighted by Crippen LogP contribution is 2.54. The maximum Gasteiger partial charge on any atom is 0.0541 e. The Bertz CT molecular complexity index is 1380. The molecule has 0 N–H and O–H groups in total. The van der Waals surface area contributed by atoms with Crippen LogP contribution < -0.4 is 0 Å². The average Bonchev–Trinajstić information content (AvgIpc) is 3.20. The van der Waals surface area contributed by atoms with E-state index in [0.29, 0.717) is 0 Å². The van der Waals surface area contributed by atoms with Crippen molar-refractivity contribution in [2.45, 2.75) is 19.3 Å². The lowest BCUT2D eigenvalue weighted by Gasteiger charge is -2.25. The van der Waals surface area contributed by atoms with Crippen molar-refractivity contribution in [2.24, 2.45) is 0 Å². The lowest BCUT2D eigenvalue weighted by atomic mass is 9.81. The number of hydrogen-bond donors (Lipinski definition) is 0. The molecular formula is C27H20ClN. The van der Waals surface area contributed by atoms with Crippen LogP contribution in [0.1, 0.15) is 25.0 Å². The van der Waals surface area contributed by atoms with Crippen LogP contribution in [0.3, 0.4) is 0 Å². The van der Waals surface area contributed by atoms with E-state index in [-0.39, 0.29) is 5.41 Å². The van der Waals surface area contributed by atoms with Gasteiger partial charge in [0.15, 0.2) is 0 Å². The fourth-order valence-corrected chi connectivity index (χ4v) is 5.47. The van der Waals surface area contributed by atoms with Gasteiger partial charge >= 0.3 is 0 Å². The molecule has 2 heteroatoms. The number of nitrogens with zero attached hydrogens (tertiary/aromatic N) is 1. The standard InChI is InChI=1S/C27H20ClN/c1-27(2)20-12-6-3-11-19(20)25-21(28)15-16-24(26(25)27)29-22-13-7-4-9-17(22)18-10-5-8-14-23(18)29/h3-16H,1-2H3. The first kappa shape index (κ1) is 16.9. The van der Waals surface area contributed by atoms with Crippen LogP contribution in [0.15, 0.2) is 84.9 Å². The number of fused-ring (bicyclic) bond motifs is 6. The Hall–Kier alpha value is -3.03. The monoisotopic (exact) mass is 393 g/mol. The van der Waals surface area contributed by atoms with E-state index in [1.54, 1.807) is 0 Å². The topological polar surface area (TPSA) is 4.93 Å². The third-order valence-corrected chi connectivity index (χ3v) is 6.76. The highest BCUT2D eigenvalue weighted by molar-refractivity contribution is 6.34. The molecule has 0 unspecified atom stereocenters. The minimum Gasteiger partial charge on any atom is -0.309 e. The summed E-state index contributed by atoms with van der Waals surface area (Å²) < 4.78 is 2.41. The molecular weight excluding hydrogens is 374 g/mol. The Kier molecular flexibility index (Phi) is 3.34. The third kappa shape index (κ3) is 2.11. The summed E-state index contributed by atoms with van der Waals surface area (Å²) in [5.41, 5.74) is 8.60. The summed E-state index contributed by atoms with van der Waals surface area (Å²) in [7, 11) is 0. The molecule has 5 aromatic rings.